The van der Waals surface area contributed by atoms with E-state index in [4.69, 9.17) is 18.9 Å². The van der Waals surface area contributed by atoms with Crippen LogP contribution >= 0.6 is 0 Å². The van der Waals surface area contributed by atoms with Gasteiger partial charge in [-0.2, -0.15) is 0 Å². The molecule has 0 aliphatic heterocycles. The summed E-state index contributed by atoms with van der Waals surface area (Å²) in [5, 5.41) is 0. The molecule has 0 bridgehead atoms. The highest BCUT2D eigenvalue weighted by Gasteiger charge is 2.22. The fourth-order valence-corrected chi connectivity index (χ4v) is 1.42. The van der Waals surface area contributed by atoms with Crippen LogP contribution in [0.25, 0.3) is 0 Å². The first-order chi connectivity index (χ1) is 7.79. The molecular formula is C12H26O4. The Morgan fingerprint density at radius 1 is 0.625 bits per heavy atom. The van der Waals surface area contributed by atoms with Gasteiger partial charge in [0.2, 0.25) is 0 Å². The van der Waals surface area contributed by atoms with Crippen LogP contribution in [0.15, 0.2) is 0 Å². The highest BCUT2D eigenvalue weighted by atomic mass is 16.6. The van der Waals surface area contributed by atoms with Crippen LogP contribution in [-0.4, -0.2) is 51.8 Å². The predicted octanol–water partition coefficient (Wildman–Crippen LogP) is 1.87. The van der Waals surface area contributed by atoms with Crippen molar-refractivity contribution in [3.05, 3.63) is 0 Å². The summed E-state index contributed by atoms with van der Waals surface area (Å²) in [5.74, 6) is 0. The van der Waals surface area contributed by atoms with E-state index in [0.29, 0.717) is 39.6 Å². The molecule has 0 fully saturated rings. The fraction of sp³-hybridized carbons (Fsp3) is 1.00. The highest BCUT2D eigenvalue weighted by Crippen LogP contribution is 2.07. The van der Waals surface area contributed by atoms with Gasteiger partial charge in [0.05, 0.1) is 13.2 Å². The van der Waals surface area contributed by atoms with Crippen LogP contribution in [0.3, 0.4) is 0 Å². The first-order valence-corrected chi connectivity index (χ1v) is 6.18. The van der Waals surface area contributed by atoms with Crippen LogP contribution in [0.1, 0.15) is 27.7 Å². The van der Waals surface area contributed by atoms with Crippen molar-refractivity contribution in [2.45, 2.75) is 39.9 Å². The first-order valence-electron chi connectivity index (χ1n) is 6.18. The number of hydrogen-bond donors (Lipinski definition) is 0. The second-order valence-electron chi connectivity index (χ2n) is 3.31. The van der Waals surface area contributed by atoms with Crippen molar-refractivity contribution in [3.63, 3.8) is 0 Å². The minimum absolute atomic E-state index is 0.0450. The summed E-state index contributed by atoms with van der Waals surface area (Å²) >= 11 is 0. The molecule has 0 N–H and O–H groups in total. The van der Waals surface area contributed by atoms with Crippen molar-refractivity contribution < 1.29 is 18.9 Å². The van der Waals surface area contributed by atoms with Crippen LogP contribution in [0.4, 0.5) is 0 Å². The van der Waals surface area contributed by atoms with Gasteiger partial charge in [0, 0.05) is 26.4 Å². The van der Waals surface area contributed by atoms with Crippen molar-refractivity contribution >= 4 is 0 Å². The molecule has 0 aromatic carbocycles. The summed E-state index contributed by atoms with van der Waals surface area (Å²) in [5.41, 5.74) is 0. The maximum Gasteiger partial charge on any atom is 0.109 e. The average Bonchev–Trinajstić information content (AvgIpc) is 2.30. The smallest absolute Gasteiger partial charge is 0.109 e. The third-order valence-corrected chi connectivity index (χ3v) is 2.15. The Morgan fingerprint density at radius 2 is 1.00 bits per heavy atom. The summed E-state index contributed by atoms with van der Waals surface area (Å²) in [6.07, 6.45) is -0.0899. The maximum absolute atomic E-state index is 5.63. The SMILES string of the molecule is CCOCC(OCC)C(COCC)OCC. The molecule has 2 atom stereocenters. The Morgan fingerprint density at radius 3 is 1.25 bits per heavy atom. The van der Waals surface area contributed by atoms with Crippen molar-refractivity contribution in [2.75, 3.05) is 39.6 Å². The van der Waals surface area contributed by atoms with Gasteiger partial charge in [0.25, 0.3) is 0 Å². The quantitative estimate of drug-likeness (QED) is 0.547. The standard InChI is InChI=1S/C12H26O4/c1-5-13-9-11(15-7-3)12(16-8-4)10-14-6-2/h11-12H,5-10H2,1-4H3. The highest BCUT2D eigenvalue weighted by molar-refractivity contribution is 4.70. The van der Waals surface area contributed by atoms with Gasteiger partial charge in [0.15, 0.2) is 0 Å². The van der Waals surface area contributed by atoms with Crippen molar-refractivity contribution in [1.29, 1.82) is 0 Å². The molecule has 98 valence electrons. The lowest BCUT2D eigenvalue weighted by molar-refractivity contribution is -0.121. The molecule has 0 radical (unpaired) electrons. The molecule has 0 saturated heterocycles. The molecule has 16 heavy (non-hydrogen) atoms. The van der Waals surface area contributed by atoms with Gasteiger partial charge >= 0.3 is 0 Å². The average molecular weight is 234 g/mol. The van der Waals surface area contributed by atoms with Crippen LogP contribution in [-0.2, 0) is 18.9 Å². The Hall–Kier alpha value is -0.160. The van der Waals surface area contributed by atoms with Gasteiger partial charge in [-0.05, 0) is 27.7 Å². The summed E-state index contributed by atoms with van der Waals surface area (Å²) in [6.45, 7) is 11.7. The van der Waals surface area contributed by atoms with E-state index in [0.717, 1.165) is 0 Å². The Bertz CT molecular complexity index is 125. The summed E-state index contributed by atoms with van der Waals surface area (Å²) in [7, 11) is 0. The molecule has 0 aliphatic carbocycles. The predicted molar refractivity (Wildman–Crippen MR) is 63.8 cm³/mol. The second-order valence-corrected chi connectivity index (χ2v) is 3.31. The second kappa shape index (κ2) is 11.3. The molecule has 4 heteroatoms. The van der Waals surface area contributed by atoms with Crippen molar-refractivity contribution in [1.82, 2.24) is 0 Å². The lowest BCUT2D eigenvalue weighted by atomic mass is 10.2. The van der Waals surface area contributed by atoms with E-state index in [9.17, 15) is 0 Å². The van der Waals surface area contributed by atoms with Crippen molar-refractivity contribution in [2.24, 2.45) is 0 Å². The number of ether oxygens (including phenoxy) is 4. The van der Waals surface area contributed by atoms with E-state index in [2.05, 4.69) is 0 Å². The third kappa shape index (κ3) is 7.17. The number of hydrogen-bond acceptors (Lipinski definition) is 4. The summed E-state index contributed by atoms with van der Waals surface area (Å²) in [4.78, 5) is 0. The van der Waals surface area contributed by atoms with E-state index in [1.165, 1.54) is 0 Å². The molecule has 0 saturated carbocycles. The molecule has 0 spiro atoms. The van der Waals surface area contributed by atoms with Gasteiger partial charge in [-0.1, -0.05) is 0 Å². The van der Waals surface area contributed by atoms with Crippen molar-refractivity contribution in [3.8, 4) is 0 Å². The van der Waals surface area contributed by atoms with E-state index in [1.54, 1.807) is 0 Å². The molecular weight excluding hydrogens is 208 g/mol. The fourth-order valence-electron chi connectivity index (χ4n) is 1.42. The maximum atomic E-state index is 5.63. The molecule has 0 aliphatic rings. The topological polar surface area (TPSA) is 36.9 Å². The lowest BCUT2D eigenvalue weighted by Gasteiger charge is -2.26. The molecule has 0 aromatic rings. The zero-order valence-electron chi connectivity index (χ0n) is 11.0. The van der Waals surface area contributed by atoms with E-state index < -0.39 is 0 Å². The largest absolute Gasteiger partial charge is 0.379 e. The lowest BCUT2D eigenvalue weighted by Crippen LogP contribution is -2.39. The van der Waals surface area contributed by atoms with Gasteiger partial charge in [-0.3, -0.25) is 0 Å². The normalized spacial score (nSPS) is 15.0. The number of rotatable bonds is 11. The first kappa shape index (κ1) is 15.8. The zero-order chi connectivity index (χ0) is 12.2. The molecule has 0 rings (SSSR count). The Balaban J connectivity index is 4.14. The van der Waals surface area contributed by atoms with Crippen LogP contribution in [0.5, 0.6) is 0 Å². The van der Waals surface area contributed by atoms with Crippen LogP contribution in [0, 0.1) is 0 Å². The summed E-state index contributed by atoms with van der Waals surface area (Å²) < 4.78 is 22.0. The molecule has 0 amide bonds. The minimum Gasteiger partial charge on any atom is -0.379 e. The zero-order valence-corrected chi connectivity index (χ0v) is 11.0. The van der Waals surface area contributed by atoms with Gasteiger partial charge in [-0.15, -0.1) is 0 Å². The monoisotopic (exact) mass is 234 g/mol. The molecule has 0 heterocycles. The van der Waals surface area contributed by atoms with E-state index >= 15 is 0 Å². The molecule has 2 unspecified atom stereocenters. The molecule has 0 aromatic heterocycles. The van der Waals surface area contributed by atoms with E-state index in [-0.39, 0.29) is 12.2 Å². The third-order valence-electron chi connectivity index (χ3n) is 2.15. The van der Waals surface area contributed by atoms with Gasteiger partial charge in [-0.25, -0.2) is 0 Å². The van der Waals surface area contributed by atoms with E-state index in [1.807, 2.05) is 27.7 Å². The van der Waals surface area contributed by atoms with Gasteiger partial charge in [0.1, 0.15) is 12.2 Å². The summed E-state index contributed by atoms with van der Waals surface area (Å²) in [6, 6.07) is 0. The van der Waals surface area contributed by atoms with Crippen LogP contribution < -0.4 is 0 Å². The Kier molecular flexibility index (Phi) is 11.2. The molecule has 4 nitrogen and oxygen atoms in total. The minimum atomic E-state index is -0.0450. The Labute approximate surface area is 99.2 Å². The van der Waals surface area contributed by atoms with Gasteiger partial charge < -0.3 is 18.9 Å². The van der Waals surface area contributed by atoms with Crippen LogP contribution in [0.2, 0.25) is 0 Å².